The molecule has 0 N–H and O–H groups in total. The van der Waals surface area contributed by atoms with Gasteiger partial charge in [0, 0.05) is 48.0 Å². The summed E-state index contributed by atoms with van der Waals surface area (Å²) in [7, 11) is 0. The number of benzene rings is 6. The van der Waals surface area contributed by atoms with E-state index in [0.717, 1.165) is 45.3 Å². The van der Waals surface area contributed by atoms with Crippen LogP contribution in [0.15, 0.2) is 144 Å². The molecule has 4 nitrogen and oxygen atoms in total. The van der Waals surface area contributed by atoms with Gasteiger partial charge in [-0.1, -0.05) is 109 Å². The number of para-hydroxylation sites is 1. The first-order valence-electron chi connectivity index (χ1n) is 16.2. The number of furan rings is 1. The highest BCUT2D eigenvalue weighted by molar-refractivity contribution is 7.25. The third kappa shape index (κ3) is 4.47. The van der Waals surface area contributed by atoms with Crippen LogP contribution in [0.3, 0.4) is 0 Å². The van der Waals surface area contributed by atoms with E-state index < -0.39 is 0 Å². The van der Waals surface area contributed by atoms with E-state index in [1.54, 1.807) is 0 Å². The number of hydrogen-bond donors (Lipinski definition) is 0. The van der Waals surface area contributed by atoms with E-state index in [1.165, 1.54) is 42.4 Å². The summed E-state index contributed by atoms with van der Waals surface area (Å²) in [4.78, 5) is 15.3. The molecule has 3 aromatic heterocycles. The zero-order valence-corrected chi connectivity index (χ0v) is 26.6. The highest BCUT2D eigenvalue weighted by Gasteiger charge is 2.22. The first kappa shape index (κ1) is 27.2. The standard InChI is InChI=1S/C43H27N3OS/c1-2-9-27(10-3-1)41-44-42(46-43(45-41)30-21-22-39-35(25-30)33-11-5-7-16-38(33)48-39)29-20-18-26-17-19-28(23-31(26)24-29)32-13-8-15-37-40(32)34-12-4-6-14-36(34)47-37/h1-23,25,29H,24H2. The van der Waals surface area contributed by atoms with Gasteiger partial charge in [-0.2, -0.15) is 0 Å². The lowest BCUT2D eigenvalue weighted by molar-refractivity contribution is 0.669. The summed E-state index contributed by atoms with van der Waals surface area (Å²) in [5, 5.41) is 4.79. The van der Waals surface area contributed by atoms with Crippen molar-refractivity contribution in [3.8, 4) is 33.9 Å². The lowest BCUT2D eigenvalue weighted by Gasteiger charge is -2.20. The zero-order chi connectivity index (χ0) is 31.6. The van der Waals surface area contributed by atoms with Crippen molar-refractivity contribution in [2.24, 2.45) is 0 Å². The molecule has 1 unspecified atom stereocenters. The van der Waals surface area contributed by atoms with Crippen LogP contribution in [-0.4, -0.2) is 15.0 Å². The predicted octanol–water partition coefficient (Wildman–Crippen LogP) is 11.5. The number of fused-ring (bicyclic) bond motifs is 7. The SMILES string of the molecule is C1=CC(c2nc(-c3ccccc3)nc(-c3ccc4sc5ccccc5c4c3)n2)Cc2cc(-c3cccc4oc5ccccc5c34)ccc21. The molecule has 0 saturated heterocycles. The quantitative estimate of drug-likeness (QED) is 0.193. The van der Waals surface area contributed by atoms with Gasteiger partial charge in [0.15, 0.2) is 11.6 Å². The summed E-state index contributed by atoms with van der Waals surface area (Å²) < 4.78 is 8.75. The highest BCUT2D eigenvalue weighted by atomic mass is 32.1. The number of nitrogens with zero attached hydrogens (tertiary/aromatic N) is 3. The minimum absolute atomic E-state index is 0.00761. The monoisotopic (exact) mass is 633 g/mol. The topological polar surface area (TPSA) is 51.8 Å². The minimum Gasteiger partial charge on any atom is -0.456 e. The van der Waals surface area contributed by atoms with Gasteiger partial charge in [0.1, 0.15) is 17.0 Å². The Kier molecular flexibility index (Phi) is 6.14. The van der Waals surface area contributed by atoms with E-state index in [0.29, 0.717) is 11.6 Å². The smallest absolute Gasteiger partial charge is 0.163 e. The van der Waals surface area contributed by atoms with Crippen molar-refractivity contribution in [3.63, 3.8) is 0 Å². The highest BCUT2D eigenvalue weighted by Crippen LogP contribution is 2.40. The molecule has 3 heterocycles. The van der Waals surface area contributed by atoms with Crippen LogP contribution in [0.5, 0.6) is 0 Å². The van der Waals surface area contributed by atoms with E-state index in [2.05, 4.69) is 115 Å². The summed E-state index contributed by atoms with van der Waals surface area (Å²) in [6.45, 7) is 0. The summed E-state index contributed by atoms with van der Waals surface area (Å²) >= 11 is 1.82. The molecule has 6 aromatic carbocycles. The maximum Gasteiger partial charge on any atom is 0.163 e. The second-order valence-electron chi connectivity index (χ2n) is 12.4. The fourth-order valence-corrected chi connectivity index (χ4v) is 8.19. The Bertz CT molecular complexity index is 2720. The van der Waals surface area contributed by atoms with Gasteiger partial charge in [-0.15, -0.1) is 11.3 Å². The third-order valence-electron chi connectivity index (χ3n) is 9.46. The predicted molar refractivity (Wildman–Crippen MR) is 198 cm³/mol. The largest absolute Gasteiger partial charge is 0.456 e. The second-order valence-corrected chi connectivity index (χ2v) is 13.5. The maximum absolute atomic E-state index is 6.20. The van der Waals surface area contributed by atoms with Crippen molar-refractivity contribution in [3.05, 3.63) is 156 Å². The molecule has 0 spiro atoms. The Labute approximate surface area is 280 Å². The number of thiophene rings is 1. The molecule has 1 aliphatic rings. The van der Waals surface area contributed by atoms with Crippen LogP contribution in [-0.2, 0) is 6.42 Å². The lowest BCUT2D eigenvalue weighted by atomic mass is 9.86. The molecular weight excluding hydrogens is 607 g/mol. The second kappa shape index (κ2) is 10.8. The zero-order valence-electron chi connectivity index (χ0n) is 25.8. The van der Waals surface area contributed by atoms with Crippen LogP contribution in [0.25, 0.3) is 82.1 Å². The third-order valence-corrected chi connectivity index (χ3v) is 10.6. The fraction of sp³-hybridized carbons (Fsp3) is 0.0465. The van der Waals surface area contributed by atoms with Crippen LogP contribution in [0.2, 0.25) is 0 Å². The van der Waals surface area contributed by atoms with Crippen molar-refractivity contribution in [1.82, 2.24) is 15.0 Å². The number of aromatic nitrogens is 3. The van der Waals surface area contributed by atoms with Gasteiger partial charge in [0.2, 0.25) is 0 Å². The number of hydrogen-bond acceptors (Lipinski definition) is 5. The summed E-state index contributed by atoms with van der Waals surface area (Å²) in [6.07, 6.45) is 5.26. The normalized spacial score (nSPS) is 14.3. The van der Waals surface area contributed by atoms with Crippen molar-refractivity contribution in [2.75, 3.05) is 0 Å². The van der Waals surface area contributed by atoms with E-state index in [4.69, 9.17) is 19.4 Å². The van der Waals surface area contributed by atoms with Crippen LogP contribution in [0.4, 0.5) is 0 Å². The Balaban J connectivity index is 1.07. The van der Waals surface area contributed by atoms with Crippen LogP contribution in [0.1, 0.15) is 22.9 Å². The van der Waals surface area contributed by atoms with E-state index >= 15 is 0 Å². The molecular formula is C43H27N3OS. The molecule has 0 bridgehead atoms. The van der Waals surface area contributed by atoms with Gasteiger partial charge in [0.05, 0.1) is 0 Å². The molecule has 5 heteroatoms. The molecule has 10 rings (SSSR count). The Morgan fingerprint density at radius 2 is 1.31 bits per heavy atom. The van der Waals surface area contributed by atoms with Gasteiger partial charge >= 0.3 is 0 Å². The Hall–Kier alpha value is -5.91. The molecule has 1 aliphatic carbocycles. The van der Waals surface area contributed by atoms with Gasteiger partial charge in [-0.3, -0.25) is 0 Å². The van der Waals surface area contributed by atoms with Gasteiger partial charge < -0.3 is 4.42 Å². The summed E-state index contributed by atoms with van der Waals surface area (Å²) in [6, 6.07) is 46.8. The molecule has 48 heavy (non-hydrogen) atoms. The van der Waals surface area contributed by atoms with Crippen molar-refractivity contribution >= 4 is 59.5 Å². The fourth-order valence-electron chi connectivity index (χ4n) is 7.10. The van der Waals surface area contributed by atoms with Crippen LogP contribution < -0.4 is 0 Å². The van der Waals surface area contributed by atoms with Crippen molar-refractivity contribution < 1.29 is 4.42 Å². The molecule has 0 radical (unpaired) electrons. The van der Waals surface area contributed by atoms with Crippen molar-refractivity contribution in [1.29, 1.82) is 0 Å². The molecule has 0 saturated carbocycles. The van der Waals surface area contributed by atoms with E-state index in [9.17, 15) is 0 Å². The average molecular weight is 634 g/mol. The molecule has 1 atom stereocenters. The molecule has 0 fully saturated rings. The first-order valence-corrected chi connectivity index (χ1v) is 17.0. The minimum atomic E-state index is 0.00761. The van der Waals surface area contributed by atoms with Gasteiger partial charge in [0.25, 0.3) is 0 Å². The Morgan fingerprint density at radius 3 is 2.23 bits per heavy atom. The number of allylic oxidation sites excluding steroid dienone is 1. The van der Waals surface area contributed by atoms with Crippen LogP contribution in [0, 0.1) is 0 Å². The first-order chi connectivity index (χ1) is 23.7. The summed E-state index contributed by atoms with van der Waals surface area (Å²) in [5.74, 6) is 2.18. The average Bonchev–Trinajstić information content (AvgIpc) is 3.73. The molecule has 9 aromatic rings. The van der Waals surface area contributed by atoms with Crippen molar-refractivity contribution in [2.45, 2.75) is 12.3 Å². The maximum atomic E-state index is 6.20. The Morgan fingerprint density at radius 1 is 0.562 bits per heavy atom. The van der Waals surface area contributed by atoms with Gasteiger partial charge in [-0.05, 0) is 65.1 Å². The molecule has 0 amide bonds. The van der Waals surface area contributed by atoms with E-state index in [1.807, 2.05) is 41.7 Å². The number of rotatable bonds is 4. The summed E-state index contributed by atoms with van der Waals surface area (Å²) in [5.41, 5.74) is 8.65. The van der Waals surface area contributed by atoms with E-state index in [-0.39, 0.29) is 5.92 Å². The van der Waals surface area contributed by atoms with Gasteiger partial charge in [-0.25, -0.2) is 15.0 Å². The molecule has 0 aliphatic heterocycles. The lowest BCUT2D eigenvalue weighted by Crippen LogP contribution is -2.12. The van der Waals surface area contributed by atoms with Crippen LogP contribution >= 0.6 is 11.3 Å². The molecule has 226 valence electrons.